The van der Waals surface area contributed by atoms with Crippen molar-refractivity contribution in [3.8, 4) is 16.9 Å². The highest BCUT2D eigenvalue weighted by Gasteiger charge is 2.44. The Morgan fingerprint density at radius 2 is 1.76 bits per heavy atom. The minimum atomic E-state index is -4.52. The molecule has 0 fully saturated rings. The molecule has 2 atom stereocenters. The molecule has 0 saturated carbocycles. The molecule has 1 aliphatic carbocycles. The highest BCUT2D eigenvalue weighted by Crippen LogP contribution is 2.45. The maximum absolute atomic E-state index is 13.8. The fraction of sp³-hybridized carbons (Fsp3) is 0.310. The second-order valence-corrected chi connectivity index (χ2v) is 9.20. The van der Waals surface area contributed by atoms with E-state index < -0.39 is 29.9 Å². The lowest BCUT2D eigenvalue weighted by Crippen LogP contribution is -2.38. The quantitative estimate of drug-likeness (QED) is 0.409. The summed E-state index contributed by atoms with van der Waals surface area (Å²) in [7, 11) is 2.94. The normalized spacial score (nSPS) is 16.7. The number of aliphatic carboxylic acids is 1. The number of methoxy groups -OCH3 is 2. The number of carboxylic acid groups (broad SMARTS) is 1. The second-order valence-electron chi connectivity index (χ2n) is 9.20. The van der Waals surface area contributed by atoms with E-state index in [0.29, 0.717) is 22.4 Å². The minimum Gasteiger partial charge on any atom is -0.496 e. The average molecular weight is 528 g/mol. The molecule has 0 radical (unpaired) electrons. The van der Waals surface area contributed by atoms with Gasteiger partial charge in [-0.15, -0.1) is 0 Å². The third-order valence-corrected chi connectivity index (χ3v) is 6.90. The Morgan fingerprint density at radius 1 is 1.03 bits per heavy atom. The second kappa shape index (κ2) is 10.9. The summed E-state index contributed by atoms with van der Waals surface area (Å²) in [6.45, 7) is 1.48. The first-order chi connectivity index (χ1) is 18.0. The van der Waals surface area contributed by atoms with Gasteiger partial charge in [-0.2, -0.15) is 13.2 Å². The molecule has 1 aliphatic rings. The third-order valence-electron chi connectivity index (χ3n) is 6.90. The number of rotatable bonds is 8. The van der Waals surface area contributed by atoms with Gasteiger partial charge in [-0.05, 0) is 46.0 Å². The molecule has 3 aromatic carbocycles. The number of hydrogen-bond donors (Lipinski definition) is 1. The Bertz CT molecular complexity index is 1350. The number of fused-ring (bicyclic) bond motifs is 1. The van der Waals surface area contributed by atoms with Crippen molar-refractivity contribution < 1.29 is 37.3 Å². The van der Waals surface area contributed by atoms with Gasteiger partial charge in [0.05, 0.1) is 31.2 Å². The van der Waals surface area contributed by atoms with Crippen molar-refractivity contribution in [2.45, 2.75) is 44.6 Å². The van der Waals surface area contributed by atoms with Gasteiger partial charge in [0.15, 0.2) is 0 Å². The first-order valence-electron chi connectivity index (χ1n) is 12.0. The molecule has 6 nitrogen and oxygen atoms in total. The molecule has 200 valence electrons. The minimum absolute atomic E-state index is 0.0304. The van der Waals surface area contributed by atoms with Gasteiger partial charge in [0.2, 0.25) is 5.91 Å². The van der Waals surface area contributed by atoms with E-state index >= 15 is 0 Å². The van der Waals surface area contributed by atoms with Crippen molar-refractivity contribution >= 4 is 11.9 Å². The number of carboxylic acids is 1. The number of amides is 1. The number of benzene rings is 3. The number of ether oxygens (including phenoxy) is 2. The van der Waals surface area contributed by atoms with E-state index in [1.54, 1.807) is 24.3 Å². The summed E-state index contributed by atoms with van der Waals surface area (Å²) in [5.74, 6) is -0.763. The molecule has 4 rings (SSSR count). The van der Waals surface area contributed by atoms with Crippen LogP contribution in [0.4, 0.5) is 13.2 Å². The van der Waals surface area contributed by atoms with Gasteiger partial charge in [0.25, 0.3) is 0 Å². The Kier molecular flexibility index (Phi) is 7.78. The van der Waals surface area contributed by atoms with Crippen LogP contribution in [0.5, 0.6) is 5.75 Å². The van der Waals surface area contributed by atoms with E-state index in [4.69, 9.17) is 9.47 Å². The highest BCUT2D eigenvalue weighted by molar-refractivity contribution is 5.78. The van der Waals surface area contributed by atoms with Crippen LogP contribution in [0.15, 0.2) is 60.7 Å². The standard InChI is InChI=1S/C29H28F3NO5/c1-17(34)33(28-21-9-6-10-24(29(30,31)32)22(21)15-26(28)38-3)16-19-7-4-5-8-20(19)23-13-18(14-27(35)36)11-12-25(23)37-2/h4-13,26,28H,14-16H2,1-3H3,(H,35,36)/t26-,28+/m0/s1. The summed E-state index contributed by atoms with van der Waals surface area (Å²) in [6.07, 6.45) is -5.32. The van der Waals surface area contributed by atoms with Crippen LogP contribution in [0.3, 0.4) is 0 Å². The molecule has 0 aliphatic heterocycles. The Morgan fingerprint density at radius 3 is 2.39 bits per heavy atom. The van der Waals surface area contributed by atoms with E-state index in [1.807, 2.05) is 24.3 Å². The summed E-state index contributed by atoms with van der Waals surface area (Å²) in [5.41, 5.74) is 2.52. The summed E-state index contributed by atoms with van der Waals surface area (Å²) in [4.78, 5) is 25.8. The summed E-state index contributed by atoms with van der Waals surface area (Å²) in [5, 5.41) is 9.25. The van der Waals surface area contributed by atoms with Crippen LogP contribution in [0.25, 0.3) is 11.1 Å². The molecule has 38 heavy (non-hydrogen) atoms. The molecule has 0 heterocycles. The van der Waals surface area contributed by atoms with Crippen molar-refractivity contribution in [2.24, 2.45) is 0 Å². The Hall–Kier alpha value is -3.85. The monoisotopic (exact) mass is 527 g/mol. The van der Waals surface area contributed by atoms with Gasteiger partial charge in [-0.1, -0.05) is 42.5 Å². The van der Waals surface area contributed by atoms with Gasteiger partial charge in [0, 0.05) is 32.6 Å². The lowest BCUT2D eigenvalue weighted by molar-refractivity contribution is -0.138. The fourth-order valence-electron chi connectivity index (χ4n) is 5.23. The average Bonchev–Trinajstić information content (AvgIpc) is 3.24. The van der Waals surface area contributed by atoms with Crippen LogP contribution >= 0.6 is 0 Å². The number of hydrogen-bond acceptors (Lipinski definition) is 4. The predicted octanol–water partition coefficient (Wildman–Crippen LogP) is 5.67. The predicted molar refractivity (Wildman–Crippen MR) is 135 cm³/mol. The van der Waals surface area contributed by atoms with Crippen LogP contribution in [0.1, 0.15) is 40.8 Å². The topological polar surface area (TPSA) is 76.1 Å². The maximum atomic E-state index is 13.8. The number of nitrogens with zero attached hydrogens (tertiary/aromatic N) is 1. The van der Waals surface area contributed by atoms with Crippen LogP contribution in [-0.4, -0.2) is 42.2 Å². The molecular formula is C29H28F3NO5. The fourth-order valence-corrected chi connectivity index (χ4v) is 5.23. The van der Waals surface area contributed by atoms with Crippen LogP contribution in [0.2, 0.25) is 0 Å². The van der Waals surface area contributed by atoms with Gasteiger partial charge in [-0.3, -0.25) is 9.59 Å². The Labute approximate surface area is 218 Å². The highest BCUT2D eigenvalue weighted by atomic mass is 19.4. The van der Waals surface area contributed by atoms with Crippen LogP contribution in [-0.2, 0) is 39.9 Å². The number of alkyl halides is 3. The van der Waals surface area contributed by atoms with Crippen molar-refractivity contribution in [3.63, 3.8) is 0 Å². The Balaban J connectivity index is 1.79. The molecule has 0 aromatic heterocycles. The summed E-state index contributed by atoms with van der Waals surface area (Å²) >= 11 is 0. The molecule has 0 saturated heterocycles. The van der Waals surface area contributed by atoms with E-state index in [-0.39, 0.29) is 30.9 Å². The SMILES string of the molecule is COc1ccc(CC(=O)O)cc1-c1ccccc1CN(C(C)=O)[C@@H]1c2cccc(C(F)(F)F)c2C[C@@H]1OC. The van der Waals surface area contributed by atoms with Gasteiger partial charge in [0.1, 0.15) is 5.75 Å². The summed E-state index contributed by atoms with van der Waals surface area (Å²) in [6, 6.07) is 15.7. The lowest BCUT2D eigenvalue weighted by atomic mass is 9.95. The van der Waals surface area contributed by atoms with Crippen molar-refractivity contribution in [1.29, 1.82) is 0 Å². The smallest absolute Gasteiger partial charge is 0.416 e. The van der Waals surface area contributed by atoms with Crippen LogP contribution < -0.4 is 4.74 Å². The molecule has 9 heteroatoms. The lowest BCUT2D eigenvalue weighted by Gasteiger charge is -2.33. The molecular weight excluding hydrogens is 499 g/mol. The van der Waals surface area contributed by atoms with E-state index in [0.717, 1.165) is 17.2 Å². The number of carbonyl (C=O) groups excluding carboxylic acids is 1. The number of carbonyl (C=O) groups is 2. The maximum Gasteiger partial charge on any atom is 0.416 e. The van der Waals surface area contributed by atoms with Crippen molar-refractivity contribution in [2.75, 3.05) is 14.2 Å². The zero-order chi connectivity index (χ0) is 27.6. The third kappa shape index (κ3) is 5.38. The molecule has 0 unspecified atom stereocenters. The first-order valence-corrected chi connectivity index (χ1v) is 12.0. The largest absolute Gasteiger partial charge is 0.496 e. The van der Waals surface area contributed by atoms with Gasteiger partial charge >= 0.3 is 12.1 Å². The van der Waals surface area contributed by atoms with Gasteiger partial charge in [-0.25, -0.2) is 0 Å². The molecule has 0 spiro atoms. The molecule has 0 bridgehead atoms. The first kappa shape index (κ1) is 27.2. The molecule has 1 amide bonds. The summed E-state index contributed by atoms with van der Waals surface area (Å²) < 4.78 is 52.4. The van der Waals surface area contributed by atoms with Crippen molar-refractivity contribution in [1.82, 2.24) is 4.90 Å². The zero-order valence-electron chi connectivity index (χ0n) is 21.2. The molecule has 1 N–H and O–H groups in total. The molecule has 3 aromatic rings. The van der Waals surface area contributed by atoms with E-state index in [9.17, 15) is 27.9 Å². The number of halogens is 3. The van der Waals surface area contributed by atoms with Crippen molar-refractivity contribution in [3.05, 3.63) is 88.5 Å². The van der Waals surface area contributed by atoms with E-state index in [1.165, 1.54) is 32.1 Å². The van der Waals surface area contributed by atoms with Crippen LogP contribution in [0, 0.1) is 0 Å². The van der Waals surface area contributed by atoms with Gasteiger partial charge < -0.3 is 19.5 Å². The van der Waals surface area contributed by atoms with E-state index in [2.05, 4.69) is 0 Å². The zero-order valence-corrected chi connectivity index (χ0v) is 21.2.